The predicted molar refractivity (Wildman–Crippen MR) is 118 cm³/mol. The van der Waals surface area contributed by atoms with Gasteiger partial charge in [-0.15, -0.1) is 0 Å². The molecule has 0 fully saturated rings. The monoisotopic (exact) mass is 469 g/mol. The van der Waals surface area contributed by atoms with Crippen LogP contribution in [0.25, 0.3) is 16.7 Å². The van der Waals surface area contributed by atoms with Crippen LogP contribution >= 0.6 is 11.6 Å². The van der Waals surface area contributed by atoms with Gasteiger partial charge in [0.15, 0.2) is 17.0 Å². The first-order chi connectivity index (χ1) is 15.7. The van der Waals surface area contributed by atoms with E-state index in [9.17, 15) is 24.3 Å². The molecule has 0 saturated carbocycles. The third-order valence-electron chi connectivity index (χ3n) is 4.93. The number of amides is 2. The lowest BCUT2D eigenvalue weighted by Gasteiger charge is -2.14. The maximum absolute atomic E-state index is 13.3. The van der Waals surface area contributed by atoms with E-state index in [1.807, 2.05) is 0 Å². The molecule has 2 amide bonds. The Morgan fingerprint density at radius 3 is 2.45 bits per heavy atom. The van der Waals surface area contributed by atoms with Crippen molar-refractivity contribution in [3.63, 3.8) is 0 Å². The topological polar surface area (TPSA) is 169 Å². The second kappa shape index (κ2) is 8.28. The molecule has 0 aliphatic carbocycles. The minimum absolute atomic E-state index is 0.0327. The second-order valence-electron chi connectivity index (χ2n) is 7.10. The lowest BCUT2D eigenvalue weighted by molar-refractivity contribution is -0.135. The number of imidazole rings is 1. The van der Waals surface area contributed by atoms with Crippen LogP contribution in [0.1, 0.15) is 26.3 Å². The molecular formula is C21H16ClN5O6. The first-order valence-corrected chi connectivity index (χ1v) is 9.87. The van der Waals surface area contributed by atoms with Crippen LogP contribution in [-0.4, -0.2) is 48.7 Å². The lowest BCUT2D eigenvalue weighted by atomic mass is 10.2. The normalized spacial score (nSPS) is 11.1. The number of fused-ring (bicyclic) bond motifs is 3. The summed E-state index contributed by atoms with van der Waals surface area (Å²) in [5.41, 5.74) is 5.08. The van der Waals surface area contributed by atoms with E-state index in [2.05, 4.69) is 10.3 Å². The molecular weight excluding hydrogens is 454 g/mol. The number of hydrogen-bond donors (Lipinski definition) is 4. The zero-order valence-corrected chi connectivity index (χ0v) is 17.5. The number of carbonyl (C=O) groups excluding carboxylic acids is 2. The molecule has 0 aliphatic heterocycles. The predicted octanol–water partition coefficient (Wildman–Crippen LogP) is 0.970. The number of nitrogens with two attached hydrogens (primary N) is 1. The molecule has 2 aromatic heterocycles. The zero-order valence-electron chi connectivity index (χ0n) is 16.8. The fourth-order valence-electron chi connectivity index (χ4n) is 3.41. The van der Waals surface area contributed by atoms with E-state index < -0.39 is 41.2 Å². The quantitative estimate of drug-likeness (QED) is 0.326. The molecule has 0 unspecified atom stereocenters. The van der Waals surface area contributed by atoms with Gasteiger partial charge in [0.25, 0.3) is 11.5 Å². The van der Waals surface area contributed by atoms with Crippen molar-refractivity contribution < 1.29 is 24.6 Å². The van der Waals surface area contributed by atoms with Crippen LogP contribution < -0.4 is 16.6 Å². The molecule has 0 saturated heterocycles. The molecule has 0 bridgehead atoms. The van der Waals surface area contributed by atoms with E-state index in [0.717, 1.165) is 0 Å². The maximum atomic E-state index is 13.3. The minimum Gasteiger partial charge on any atom is -0.504 e. The molecule has 0 radical (unpaired) electrons. The van der Waals surface area contributed by atoms with E-state index in [4.69, 9.17) is 22.4 Å². The average Bonchev–Trinajstić information content (AvgIpc) is 3.15. The number of aromatic hydroxyl groups is 1. The van der Waals surface area contributed by atoms with Gasteiger partial charge in [-0.25, -0.2) is 14.2 Å². The summed E-state index contributed by atoms with van der Waals surface area (Å²) in [5.74, 6) is -3.81. The van der Waals surface area contributed by atoms with Gasteiger partial charge in [0, 0.05) is 10.6 Å². The number of halogens is 1. The Hall–Kier alpha value is -4.38. The molecule has 0 aliphatic rings. The Bertz CT molecular complexity index is 1510. The fourth-order valence-corrected chi connectivity index (χ4v) is 3.53. The van der Waals surface area contributed by atoms with Crippen LogP contribution in [-0.2, 0) is 11.3 Å². The number of benzene rings is 2. The van der Waals surface area contributed by atoms with E-state index in [0.29, 0.717) is 16.1 Å². The number of carbonyl (C=O) groups is 3. The summed E-state index contributed by atoms with van der Waals surface area (Å²) < 4.78 is 2.49. The minimum atomic E-state index is -1.32. The highest BCUT2D eigenvalue weighted by molar-refractivity contribution is 6.30. The standard InChI is InChI=1S/C21H16ClN5O6/c22-12-4-1-10(2-5-12)9-26-21(33)16(20(32)24-8-15(28)29)17(30)19-25-13-7-11(18(23)31)3-6-14(13)27(19)26/h1-7,30H,8-9H2,(H2,23,31)(H,24,32)(H,28,29). The largest absolute Gasteiger partial charge is 0.504 e. The number of primary amides is 1. The number of nitrogens with one attached hydrogen (secondary N) is 1. The fraction of sp³-hybridized carbons (Fsp3) is 0.0952. The van der Waals surface area contributed by atoms with Crippen LogP contribution in [0.3, 0.4) is 0 Å². The summed E-state index contributed by atoms with van der Waals surface area (Å²) in [7, 11) is 0. The number of nitrogens with zero attached hydrogens (tertiary/aromatic N) is 3. The Kier molecular flexibility index (Phi) is 5.48. The molecule has 33 heavy (non-hydrogen) atoms. The van der Waals surface area contributed by atoms with E-state index in [-0.39, 0.29) is 23.3 Å². The summed E-state index contributed by atoms with van der Waals surface area (Å²) in [5, 5.41) is 22.2. The molecule has 0 atom stereocenters. The van der Waals surface area contributed by atoms with Crippen LogP contribution in [0.15, 0.2) is 47.3 Å². The molecule has 0 spiro atoms. The molecule has 2 heterocycles. The number of carboxylic acid groups (broad SMARTS) is 1. The number of aliphatic carboxylic acids is 1. The van der Waals surface area contributed by atoms with Gasteiger partial charge in [0.1, 0.15) is 6.54 Å². The number of aromatic nitrogens is 3. The molecule has 168 valence electrons. The van der Waals surface area contributed by atoms with Crippen LogP contribution in [0.4, 0.5) is 0 Å². The van der Waals surface area contributed by atoms with Gasteiger partial charge in [0.2, 0.25) is 5.91 Å². The molecule has 2 aromatic carbocycles. The van der Waals surface area contributed by atoms with E-state index >= 15 is 0 Å². The van der Waals surface area contributed by atoms with Crippen LogP contribution in [0, 0.1) is 0 Å². The van der Waals surface area contributed by atoms with E-state index in [1.165, 1.54) is 27.4 Å². The molecule has 5 N–H and O–H groups in total. The van der Waals surface area contributed by atoms with Gasteiger partial charge in [-0.1, -0.05) is 23.7 Å². The Morgan fingerprint density at radius 2 is 1.82 bits per heavy atom. The third kappa shape index (κ3) is 3.96. The van der Waals surface area contributed by atoms with Gasteiger partial charge < -0.3 is 21.3 Å². The SMILES string of the molecule is NC(=O)c1ccc2c(c1)nc1c(O)c(C(=O)NCC(=O)O)c(=O)n(Cc3ccc(Cl)cc3)n12. The summed E-state index contributed by atoms with van der Waals surface area (Å²) in [6.45, 7) is -0.784. The number of rotatable bonds is 6. The van der Waals surface area contributed by atoms with E-state index in [1.54, 1.807) is 24.3 Å². The van der Waals surface area contributed by atoms with Gasteiger partial charge in [-0.2, -0.15) is 0 Å². The molecule has 12 heteroatoms. The highest BCUT2D eigenvalue weighted by Gasteiger charge is 2.25. The van der Waals surface area contributed by atoms with Crippen molar-refractivity contribution >= 4 is 46.1 Å². The number of hydrogen-bond acceptors (Lipinski definition) is 6. The maximum Gasteiger partial charge on any atom is 0.322 e. The third-order valence-corrected chi connectivity index (χ3v) is 5.18. The Labute approximate surface area is 189 Å². The van der Waals surface area contributed by atoms with Crippen molar-refractivity contribution in [1.29, 1.82) is 0 Å². The lowest BCUT2D eigenvalue weighted by Crippen LogP contribution is -2.37. The van der Waals surface area contributed by atoms with Crippen molar-refractivity contribution in [3.05, 3.63) is 74.5 Å². The van der Waals surface area contributed by atoms with Crippen molar-refractivity contribution in [2.75, 3.05) is 6.54 Å². The Balaban J connectivity index is 2.01. The molecule has 4 rings (SSSR count). The zero-order chi connectivity index (χ0) is 23.9. The highest BCUT2D eigenvalue weighted by Crippen LogP contribution is 2.26. The summed E-state index contributed by atoms with van der Waals surface area (Å²) in [4.78, 5) is 52.6. The van der Waals surface area contributed by atoms with Gasteiger partial charge in [0.05, 0.1) is 17.6 Å². The van der Waals surface area contributed by atoms with Crippen molar-refractivity contribution in [2.24, 2.45) is 5.73 Å². The Morgan fingerprint density at radius 1 is 1.12 bits per heavy atom. The summed E-state index contributed by atoms with van der Waals surface area (Å²) >= 11 is 5.93. The average molecular weight is 470 g/mol. The van der Waals surface area contributed by atoms with Gasteiger partial charge >= 0.3 is 5.97 Å². The molecule has 4 aromatic rings. The summed E-state index contributed by atoms with van der Waals surface area (Å²) in [6.07, 6.45) is 0. The number of carboxylic acids is 1. The first kappa shape index (κ1) is 21.8. The van der Waals surface area contributed by atoms with Crippen molar-refractivity contribution in [1.82, 2.24) is 19.5 Å². The van der Waals surface area contributed by atoms with Crippen molar-refractivity contribution in [3.8, 4) is 5.75 Å². The van der Waals surface area contributed by atoms with Crippen LogP contribution in [0.5, 0.6) is 5.75 Å². The van der Waals surface area contributed by atoms with Gasteiger partial charge in [-0.3, -0.25) is 19.2 Å². The second-order valence-corrected chi connectivity index (χ2v) is 7.54. The highest BCUT2D eigenvalue weighted by atomic mass is 35.5. The summed E-state index contributed by atoms with van der Waals surface area (Å²) in [6, 6.07) is 11.0. The van der Waals surface area contributed by atoms with Gasteiger partial charge in [-0.05, 0) is 35.9 Å². The smallest absolute Gasteiger partial charge is 0.322 e. The van der Waals surface area contributed by atoms with Crippen LogP contribution in [0.2, 0.25) is 5.02 Å². The molecule has 11 nitrogen and oxygen atoms in total. The first-order valence-electron chi connectivity index (χ1n) is 9.50. The van der Waals surface area contributed by atoms with Crippen molar-refractivity contribution in [2.45, 2.75) is 6.54 Å².